The molecule has 0 saturated carbocycles. The van der Waals surface area contributed by atoms with Gasteiger partial charge in [0.25, 0.3) is 0 Å². The van der Waals surface area contributed by atoms with Crippen LogP contribution in [-0.2, 0) is 25.9 Å². The maximum Gasteiger partial charge on any atom is 0.0486 e. The second-order valence-corrected chi connectivity index (χ2v) is 7.14. The Bertz CT molecular complexity index is 874. The molecule has 0 aliphatic carbocycles. The number of fused-ring (bicyclic) bond motifs is 3. The fourth-order valence-electron chi connectivity index (χ4n) is 3.84. The van der Waals surface area contributed by atoms with Gasteiger partial charge in [0.05, 0.1) is 0 Å². The van der Waals surface area contributed by atoms with Crippen LogP contribution in [0.4, 0.5) is 0 Å². The standard InChI is InChI=1S/C21H25N3.CH4/c1-15-4-7-20-18(12-15)19-14-23(3)10-9-21(19)24(20)11-8-17-6-5-16(2)22-13-17;/h4-7,12-13H,8-11,14H2,1-3H3;1H4. The van der Waals surface area contributed by atoms with Crippen LogP contribution in [0.15, 0.2) is 36.5 Å². The van der Waals surface area contributed by atoms with Gasteiger partial charge in [0, 0.05) is 54.5 Å². The van der Waals surface area contributed by atoms with E-state index in [0.717, 1.165) is 38.2 Å². The molecule has 3 heterocycles. The summed E-state index contributed by atoms with van der Waals surface area (Å²) in [6.45, 7) is 7.47. The Kier molecular flexibility index (Phi) is 4.96. The molecule has 0 atom stereocenters. The molecular formula is C22H29N3. The van der Waals surface area contributed by atoms with Crippen molar-refractivity contribution in [1.82, 2.24) is 14.5 Å². The van der Waals surface area contributed by atoms with Crippen molar-refractivity contribution in [3.8, 4) is 0 Å². The van der Waals surface area contributed by atoms with E-state index in [0.29, 0.717) is 0 Å². The van der Waals surface area contributed by atoms with Crippen LogP contribution in [0.3, 0.4) is 0 Å². The average Bonchev–Trinajstić information content (AvgIpc) is 2.87. The summed E-state index contributed by atoms with van der Waals surface area (Å²) in [5.41, 5.74) is 8.20. The van der Waals surface area contributed by atoms with Crippen LogP contribution in [0, 0.1) is 13.8 Å². The molecule has 0 bridgehead atoms. The third-order valence-corrected chi connectivity index (χ3v) is 5.20. The van der Waals surface area contributed by atoms with E-state index in [1.165, 1.54) is 33.3 Å². The van der Waals surface area contributed by atoms with Crippen molar-refractivity contribution in [3.05, 3.63) is 64.6 Å². The van der Waals surface area contributed by atoms with E-state index >= 15 is 0 Å². The number of hydrogen-bond donors (Lipinski definition) is 0. The maximum atomic E-state index is 4.43. The summed E-state index contributed by atoms with van der Waals surface area (Å²) >= 11 is 0. The van der Waals surface area contributed by atoms with Gasteiger partial charge in [-0.05, 0) is 56.6 Å². The molecule has 0 saturated heterocycles. The van der Waals surface area contributed by atoms with Crippen LogP contribution in [0.25, 0.3) is 10.9 Å². The van der Waals surface area contributed by atoms with Gasteiger partial charge in [-0.15, -0.1) is 0 Å². The highest BCUT2D eigenvalue weighted by molar-refractivity contribution is 5.86. The Balaban J connectivity index is 0.00000182. The van der Waals surface area contributed by atoms with Crippen LogP contribution >= 0.6 is 0 Å². The number of pyridine rings is 1. The van der Waals surface area contributed by atoms with Crippen molar-refractivity contribution in [3.63, 3.8) is 0 Å². The quantitative estimate of drug-likeness (QED) is 0.702. The van der Waals surface area contributed by atoms with E-state index < -0.39 is 0 Å². The summed E-state index contributed by atoms with van der Waals surface area (Å²) in [6, 6.07) is 11.2. The first kappa shape index (κ1) is 17.7. The van der Waals surface area contributed by atoms with Gasteiger partial charge in [0.2, 0.25) is 0 Å². The van der Waals surface area contributed by atoms with Gasteiger partial charge in [0.1, 0.15) is 0 Å². The Hall–Kier alpha value is -2.13. The van der Waals surface area contributed by atoms with E-state index in [1.807, 2.05) is 13.1 Å². The molecule has 3 nitrogen and oxygen atoms in total. The lowest BCUT2D eigenvalue weighted by Crippen LogP contribution is -2.27. The molecule has 4 rings (SSSR count). The summed E-state index contributed by atoms with van der Waals surface area (Å²) in [6.07, 6.45) is 4.20. The summed E-state index contributed by atoms with van der Waals surface area (Å²) in [5, 5.41) is 1.44. The van der Waals surface area contributed by atoms with Gasteiger partial charge in [-0.25, -0.2) is 0 Å². The largest absolute Gasteiger partial charge is 0.344 e. The predicted molar refractivity (Wildman–Crippen MR) is 106 cm³/mol. The van der Waals surface area contributed by atoms with Gasteiger partial charge < -0.3 is 9.47 Å². The number of nitrogens with zero attached hydrogens (tertiary/aromatic N) is 3. The summed E-state index contributed by atoms with van der Waals surface area (Å²) in [7, 11) is 2.22. The third-order valence-electron chi connectivity index (χ3n) is 5.20. The number of benzene rings is 1. The van der Waals surface area contributed by atoms with E-state index in [1.54, 1.807) is 0 Å². The van der Waals surface area contributed by atoms with Gasteiger partial charge in [0.15, 0.2) is 0 Å². The summed E-state index contributed by atoms with van der Waals surface area (Å²) in [5.74, 6) is 0. The van der Waals surface area contributed by atoms with Gasteiger partial charge in [-0.1, -0.05) is 25.1 Å². The van der Waals surface area contributed by atoms with E-state index in [4.69, 9.17) is 0 Å². The Morgan fingerprint density at radius 2 is 1.96 bits per heavy atom. The van der Waals surface area contributed by atoms with E-state index in [9.17, 15) is 0 Å². The minimum Gasteiger partial charge on any atom is -0.344 e. The molecule has 2 aromatic heterocycles. The Labute approximate surface area is 151 Å². The fourth-order valence-corrected chi connectivity index (χ4v) is 3.84. The highest BCUT2D eigenvalue weighted by Crippen LogP contribution is 2.31. The molecular weight excluding hydrogens is 306 g/mol. The first-order valence-corrected chi connectivity index (χ1v) is 8.82. The minimum absolute atomic E-state index is 0. The van der Waals surface area contributed by atoms with Crippen molar-refractivity contribution in [2.75, 3.05) is 13.6 Å². The number of likely N-dealkylation sites (N-methyl/N-ethyl adjacent to an activating group) is 1. The molecule has 132 valence electrons. The normalized spacial score (nSPS) is 14.4. The van der Waals surface area contributed by atoms with Crippen molar-refractivity contribution >= 4 is 10.9 Å². The lowest BCUT2D eigenvalue weighted by molar-refractivity contribution is 0.309. The van der Waals surface area contributed by atoms with Crippen molar-refractivity contribution in [2.24, 2.45) is 0 Å². The molecule has 0 N–H and O–H groups in total. The number of aromatic nitrogens is 2. The maximum absolute atomic E-state index is 4.43. The first-order chi connectivity index (χ1) is 11.6. The fraction of sp³-hybridized carbons (Fsp3) is 0.409. The van der Waals surface area contributed by atoms with Crippen LogP contribution in [0.2, 0.25) is 0 Å². The first-order valence-electron chi connectivity index (χ1n) is 8.82. The van der Waals surface area contributed by atoms with E-state index in [2.05, 4.69) is 58.8 Å². The topological polar surface area (TPSA) is 21.1 Å². The van der Waals surface area contributed by atoms with Crippen molar-refractivity contribution in [2.45, 2.75) is 47.2 Å². The SMILES string of the molecule is C.Cc1ccc2c(c1)c1c(n2CCc2ccc(C)nc2)CCN(C)C1. The zero-order valence-electron chi connectivity index (χ0n) is 14.8. The average molecular weight is 335 g/mol. The lowest BCUT2D eigenvalue weighted by atomic mass is 10.0. The second kappa shape index (κ2) is 7.01. The summed E-state index contributed by atoms with van der Waals surface area (Å²) in [4.78, 5) is 6.86. The molecule has 0 amide bonds. The monoisotopic (exact) mass is 335 g/mol. The number of rotatable bonds is 3. The molecule has 3 aromatic rings. The molecule has 3 heteroatoms. The highest BCUT2D eigenvalue weighted by Gasteiger charge is 2.22. The van der Waals surface area contributed by atoms with Crippen LogP contribution in [-0.4, -0.2) is 28.0 Å². The summed E-state index contributed by atoms with van der Waals surface area (Å²) < 4.78 is 2.55. The van der Waals surface area contributed by atoms with Crippen LogP contribution in [0.5, 0.6) is 0 Å². The molecule has 1 aliphatic heterocycles. The molecule has 0 radical (unpaired) electrons. The zero-order valence-corrected chi connectivity index (χ0v) is 14.8. The Morgan fingerprint density at radius 1 is 1.12 bits per heavy atom. The third kappa shape index (κ3) is 3.34. The second-order valence-electron chi connectivity index (χ2n) is 7.14. The van der Waals surface area contributed by atoms with E-state index in [-0.39, 0.29) is 7.43 Å². The van der Waals surface area contributed by atoms with Gasteiger partial charge >= 0.3 is 0 Å². The lowest BCUT2D eigenvalue weighted by Gasteiger charge is -2.24. The minimum atomic E-state index is 0. The Morgan fingerprint density at radius 3 is 2.72 bits per heavy atom. The zero-order chi connectivity index (χ0) is 16.7. The van der Waals surface area contributed by atoms with Gasteiger partial charge in [-0.3, -0.25) is 4.98 Å². The molecule has 0 unspecified atom stereocenters. The van der Waals surface area contributed by atoms with Gasteiger partial charge in [-0.2, -0.15) is 0 Å². The smallest absolute Gasteiger partial charge is 0.0486 e. The molecule has 1 aliphatic rings. The number of hydrogen-bond acceptors (Lipinski definition) is 2. The van der Waals surface area contributed by atoms with Crippen LogP contribution < -0.4 is 0 Å². The number of aryl methyl sites for hydroxylation is 4. The molecule has 1 aromatic carbocycles. The highest BCUT2D eigenvalue weighted by atomic mass is 15.1. The van der Waals surface area contributed by atoms with Crippen molar-refractivity contribution < 1.29 is 0 Å². The molecule has 25 heavy (non-hydrogen) atoms. The molecule has 0 fully saturated rings. The predicted octanol–water partition coefficient (Wildman–Crippen LogP) is 4.52. The van der Waals surface area contributed by atoms with Crippen LogP contribution in [0.1, 0.15) is 35.5 Å². The van der Waals surface area contributed by atoms with Crippen molar-refractivity contribution in [1.29, 1.82) is 0 Å². The molecule has 0 spiro atoms.